The van der Waals surface area contributed by atoms with Crippen LogP contribution in [-0.4, -0.2) is 19.7 Å². The summed E-state index contributed by atoms with van der Waals surface area (Å²) in [5.41, 5.74) is 2.56. The van der Waals surface area contributed by atoms with E-state index in [1.54, 1.807) is 18.3 Å². The van der Waals surface area contributed by atoms with Crippen LogP contribution in [0.2, 0.25) is 5.15 Å². The van der Waals surface area contributed by atoms with Gasteiger partial charge in [-0.1, -0.05) is 35.9 Å². The zero-order valence-electron chi connectivity index (χ0n) is 11.7. The number of nitrogens with zero attached hydrogens (tertiary/aromatic N) is 1. The van der Waals surface area contributed by atoms with Crippen molar-refractivity contribution in [2.45, 2.75) is 0 Å². The molecule has 1 N–H and O–H groups in total. The summed E-state index contributed by atoms with van der Waals surface area (Å²) in [6, 6.07) is 15.1. The van der Waals surface area contributed by atoms with Gasteiger partial charge in [-0.2, -0.15) is 0 Å². The Morgan fingerprint density at radius 3 is 2.36 bits per heavy atom. The fourth-order valence-electron chi connectivity index (χ4n) is 2.27. The van der Waals surface area contributed by atoms with Gasteiger partial charge < -0.3 is 0 Å². The summed E-state index contributed by atoms with van der Waals surface area (Å²) in [6.45, 7) is 0. The van der Waals surface area contributed by atoms with E-state index in [1.165, 1.54) is 0 Å². The molecule has 3 aromatic rings. The molecule has 4 nitrogen and oxygen atoms in total. The van der Waals surface area contributed by atoms with Crippen molar-refractivity contribution in [2.75, 3.05) is 11.0 Å². The van der Waals surface area contributed by atoms with E-state index in [2.05, 4.69) is 9.71 Å². The normalized spacial score (nSPS) is 11.5. The number of halogens is 1. The van der Waals surface area contributed by atoms with Gasteiger partial charge in [-0.25, -0.2) is 13.4 Å². The molecule has 0 aliphatic carbocycles. The number of benzene rings is 2. The summed E-state index contributed by atoms with van der Waals surface area (Å²) >= 11 is 6.06. The Bertz CT molecular complexity index is 938. The highest BCUT2D eigenvalue weighted by Crippen LogP contribution is 2.28. The van der Waals surface area contributed by atoms with Crippen molar-refractivity contribution >= 4 is 38.1 Å². The van der Waals surface area contributed by atoms with E-state index in [9.17, 15) is 8.42 Å². The van der Waals surface area contributed by atoms with Crippen molar-refractivity contribution in [2.24, 2.45) is 0 Å². The van der Waals surface area contributed by atoms with Crippen molar-refractivity contribution in [3.63, 3.8) is 0 Å². The van der Waals surface area contributed by atoms with Crippen LogP contribution in [0.3, 0.4) is 0 Å². The molecule has 6 heteroatoms. The minimum atomic E-state index is -3.26. The Morgan fingerprint density at radius 2 is 1.68 bits per heavy atom. The summed E-state index contributed by atoms with van der Waals surface area (Å²) in [4.78, 5) is 4.06. The summed E-state index contributed by atoms with van der Waals surface area (Å²) < 4.78 is 24.9. The van der Waals surface area contributed by atoms with Crippen LogP contribution in [0, 0.1) is 0 Å². The standard InChI is InChI=1S/C16H13ClN2O2S/c1-22(20,21)19-14-5-2-11(3-6-14)12-4-7-15-13(10-12)8-9-18-16(15)17/h2-10,19H,1H3. The Labute approximate surface area is 133 Å². The molecule has 0 spiro atoms. The van der Waals surface area contributed by atoms with Crippen molar-refractivity contribution < 1.29 is 8.42 Å². The average molecular weight is 333 g/mol. The molecule has 1 aromatic heterocycles. The first-order valence-corrected chi connectivity index (χ1v) is 8.82. The lowest BCUT2D eigenvalue weighted by Crippen LogP contribution is -2.09. The molecular formula is C16H13ClN2O2S. The van der Waals surface area contributed by atoms with Gasteiger partial charge in [-0.3, -0.25) is 4.72 Å². The number of rotatable bonds is 3. The van der Waals surface area contributed by atoms with Crippen molar-refractivity contribution in [3.05, 3.63) is 59.9 Å². The maximum absolute atomic E-state index is 11.2. The Morgan fingerprint density at radius 1 is 1.00 bits per heavy atom. The monoisotopic (exact) mass is 332 g/mol. The highest BCUT2D eigenvalue weighted by Gasteiger charge is 2.05. The molecular weight excluding hydrogens is 320 g/mol. The molecule has 2 aromatic carbocycles. The van der Waals surface area contributed by atoms with E-state index in [-0.39, 0.29) is 0 Å². The topological polar surface area (TPSA) is 59.1 Å². The van der Waals surface area contributed by atoms with Gasteiger partial charge in [0.1, 0.15) is 5.15 Å². The summed E-state index contributed by atoms with van der Waals surface area (Å²) in [5, 5.41) is 2.40. The van der Waals surface area contributed by atoms with Gasteiger partial charge >= 0.3 is 0 Å². The average Bonchev–Trinajstić information content (AvgIpc) is 2.46. The molecule has 22 heavy (non-hydrogen) atoms. The number of hydrogen-bond acceptors (Lipinski definition) is 3. The molecule has 0 amide bonds. The van der Waals surface area contributed by atoms with Crippen molar-refractivity contribution in [1.29, 1.82) is 0 Å². The first-order chi connectivity index (χ1) is 10.4. The van der Waals surface area contributed by atoms with Crippen LogP contribution >= 0.6 is 11.6 Å². The van der Waals surface area contributed by atoms with Gasteiger partial charge in [-0.15, -0.1) is 0 Å². The molecule has 0 unspecified atom stereocenters. The van der Waals surface area contributed by atoms with Crippen LogP contribution in [-0.2, 0) is 10.0 Å². The van der Waals surface area contributed by atoms with E-state index in [1.807, 2.05) is 36.4 Å². The molecule has 0 saturated carbocycles. The smallest absolute Gasteiger partial charge is 0.229 e. The minimum absolute atomic E-state index is 0.483. The highest BCUT2D eigenvalue weighted by atomic mass is 35.5. The number of pyridine rings is 1. The molecule has 0 saturated heterocycles. The zero-order valence-corrected chi connectivity index (χ0v) is 13.3. The van der Waals surface area contributed by atoms with Gasteiger partial charge in [0.15, 0.2) is 0 Å². The third-order valence-electron chi connectivity index (χ3n) is 3.24. The zero-order chi connectivity index (χ0) is 15.7. The van der Waals surface area contributed by atoms with Crippen LogP contribution in [0.25, 0.3) is 21.9 Å². The molecule has 0 aliphatic heterocycles. The first-order valence-electron chi connectivity index (χ1n) is 6.55. The van der Waals surface area contributed by atoms with Crippen LogP contribution in [0.1, 0.15) is 0 Å². The number of anilines is 1. The molecule has 0 aliphatic rings. The molecule has 0 bridgehead atoms. The number of nitrogens with one attached hydrogen (secondary N) is 1. The van der Waals surface area contributed by atoms with Crippen LogP contribution in [0.5, 0.6) is 0 Å². The Balaban J connectivity index is 1.97. The fraction of sp³-hybridized carbons (Fsp3) is 0.0625. The molecule has 1 heterocycles. The summed E-state index contributed by atoms with van der Waals surface area (Å²) in [6.07, 6.45) is 2.80. The van der Waals surface area contributed by atoms with E-state index in [0.717, 1.165) is 28.2 Å². The number of hydrogen-bond donors (Lipinski definition) is 1. The quantitative estimate of drug-likeness (QED) is 0.739. The lowest BCUT2D eigenvalue weighted by atomic mass is 10.0. The van der Waals surface area contributed by atoms with Gasteiger partial charge in [0.25, 0.3) is 0 Å². The maximum Gasteiger partial charge on any atom is 0.229 e. The maximum atomic E-state index is 11.2. The largest absolute Gasteiger partial charge is 0.284 e. The SMILES string of the molecule is CS(=O)(=O)Nc1ccc(-c2ccc3c(Cl)nccc3c2)cc1. The second-order valence-electron chi connectivity index (χ2n) is 4.99. The van der Waals surface area contributed by atoms with Gasteiger partial charge in [0.2, 0.25) is 10.0 Å². The molecule has 3 rings (SSSR count). The van der Waals surface area contributed by atoms with Gasteiger partial charge in [-0.05, 0) is 40.8 Å². The predicted molar refractivity (Wildman–Crippen MR) is 90.7 cm³/mol. The van der Waals surface area contributed by atoms with E-state index in [0.29, 0.717) is 10.8 Å². The van der Waals surface area contributed by atoms with Crippen LogP contribution in [0.4, 0.5) is 5.69 Å². The first kappa shape index (κ1) is 14.8. The molecule has 0 radical (unpaired) electrons. The highest BCUT2D eigenvalue weighted by molar-refractivity contribution is 7.92. The minimum Gasteiger partial charge on any atom is -0.284 e. The Hall–Kier alpha value is -2.11. The number of aromatic nitrogens is 1. The van der Waals surface area contributed by atoms with Gasteiger partial charge in [0, 0.05) is 17.3 Å². The van der Waals surface area contributed by atoms with E-state index >= 15 is 0 Å². The number of sulfonamides is 1. The van der Waals surface area contributed by atoms with Gasteiger partial charge in [0.05, 0.1) is 6.26 Å². The molecule has 0 atom stereocenters. The van der Waals surface area contributed by atoms with Crippen molar-refractivity contribution in [1.82, 2.24) is 4.98 Å². The van der Waals surface area contributed by atoms with Crippen molar-refractivity contribution in [3.8, 4) is 11.1 Å². The van der Waals surface area contributed by atoms with E-state index in [4.69, 9.17) is 11.6 Å². The summed E-state index contributed by atoms with van der Waals surface area (Å²) in [5.74, 6) is 0. The predicted octanol–water partition coefficient (Wildman–Crippen LogP) is 3.93. The lowest BCUT2D eigenvalue weighted by Gasteiger charge is -2.07. The lowest BCUT2D eigenvalue weighted by molar-refractivity contribution is 0.607. The third-order valence-corrected chi connectivity index (χ3v) is 4.14. The second-order valence-corrected chi connectivity index (χ2v) is 7.10. The number of fused-ring (bicyclic) bond motifs is 1. The fourth-order valence-corrected chi connectivity index (χ4v) is 3.06. The Kier molecular flexibility index (Phi) is 3.76. The van der Waals surface area contributed by atoms with Crippen LogP contribution in [0.15, 0.2) is 54.7 Å². The van der Waals surface area contributed by atoms with E-state index < -0.39 is 10.0 Å². The molecule has 0 fully saturated rings. The third kappa shape index (κ3) is 3.21. The molecule has 112 valence electrons. The second kappa shape index (κ2) is 5.59. The summed E-state index contributed by atoms with van der Waals surface area (Å²) in [7, 11) is -3.26. The van der Waals surface area contributed by atoms with Crippen LogP contribution < -0.4 is 4.72 Å².